The van der Waals surface area contributed by atoms with Crippen molar-refractivity contribution in [3.8, 4) is 39.1 Å². The molecule has 0 unspecified atom stereocenters. The van der Waals surface area contributed by atoms with Crippen LogP contribution < -0.4 is 4.90 Å². The van der Waals surface area contributed by atoms with Crippen LogP contribution in [0.4, 0.5) is 17.1 Å². The minimum Gasteiger partial charge on any atom is -0.456 e. The molecule has 3 nitrogen and oxygen atoms in total. The first-order valence-electron chi connectivity index (χ1n) is 24.2. The van der Waals surface area contributed by atoms with Crippen LogP contribution in [0.1, 0.15) is 52.7 Å². The van der Waals surface area contributed by atoms with Gasteiger partial charge in [0.1, 0.15) is 11.2 Å². The lowest BCUT2D eigenvalue weighted by Crippen LogP contribution is -2.16. The van der Waals surface area contributed by atoms with Gasteiger partial charge in [0.2, 0.25) is 0 Å². The molecule has 2 heterocycles. The van der Waals surface area contributed by atoms with Crippen molar-refractivity contribution >= 4 is 71.6 Å². The van der Waals surface area contributed by atoms with Crippen LogP contribution in [0.15, 0.2) is 223 Å². The Hall–Kier alpha value is -8.14. The van der Waals surface area contributed by atoms with E-state index in [1.54, 1.807) is 0 Å². The monoisotopic (exact) mass is 890 g/mol. The number of furan rings is 1. The second-order valence-electron chi connectivity index (χ2n) is 20.5. The van der Waals surface area contributed by atoms with Crippen LogP contribution in [0.2, 0.25) is 0 Å². The van der Waals surface area contributed by atoms with Gasteiger partial charge in [-0.1, -0.05) is 205 Å². The number of nitrogens with zero attached hydrogens (tertiary/aromatic N) is 2. The molecule has 69 heavy (non-hydrogen) atoms. The van der Waals surface area contributed by atoms with E-state index in [1.807, 2.05) is 6.07 Å². The van der Waals surface area contributed by atoms with Gasteiger partial charge in [0.15, 0.2) is 0 Å². The molecule has 0 saturated carbocycles. The average Bonchev–Trinajstić information content (AvgIpc) is 3.92. The van der Waals surface area contributed by atoms with Crippen molar-refractivity contribution in [2.75, 3.05) is 4.90 Å². The SMILES string of the molecule is CC(C)(C)c1cc(-c2cccc3cccc(-c4ccccc4N(c4ccc5c(c4)oc4ccccc45)c4ccccc4-c4cccc5c6ccccc6n(-c6ccccc6)c45)c23)cc(C(C)(C)C)c1. The average molecular weight is 891 g/mol. The maximum atomic E-state index is 6.66. The molecule has 12 aromatic rings. The van der Waals surface area contributed by atoms with E-state index in [0.717, 1.165) is 61.4 Å². The molecule has 0 spiro atoms. The molecular formula is C66H54N2O. The number of hydrogen-bond donors (Lipinski definition) is 0. The number of benzene rings is 10. The highest BCUT2D eigenvalue weighted by Gasteiger charge is 2.26. The summed E-state index contributed by atoms with van der Waals surface area (Å²) >= 11 is 0. The maximum Gasteiger partial charge on any atom is 0.137 e. The fourth-order valence-electron chi connectivity index (χ4n) is 10.6. The van der Waals surface area contributed by atoms with Crippen LogP contribution in [0.3, 0.4) is 0 Å². The first-order chi connectivity index (χ1) is 33.5. The maximum absolute atomic E-state index is 6.66. The van der Waals surface area contributed by atoms with Crippen molar-refractivity contribution in [3.63, 3.8) is 0 Å². The van der Waals surface area contributed by atoms with Crippen molar-refractivity contribution in [1.82, 2.24) is 4.57 Å². The van der Waals surface area contributed by atoms with Gasteiger partial charge < -0.3 is 13.9 Å². The van der Waals surface area contributed by atoms with Gasteiger partial charge in [0.25, 0.3) is 0 Å². The summed E-state index contributed by atoms with van der Waals surface area (Å²) in [4.78, 5) is 2.46. The van der Waals surface area contributed by atoms with E-state index in [2.05, 4.69) is 263 Å². The third-order valence-electron chi connectivity index (χ3n) is 14.1. The zero-order chi connectivity index (χ0) is 47.0. The molecule has 334 valence electrons. The molecule has 0 atom stereocenters. The second kappa shape index (κ2) is 16.3. The molecule has 0 aliphatic rings. The van der Waals surface area contributed by atoms with Gasteiger partial charge in [-0.25, -0.2) is 0 Å². The Morgan fingerprint density at radius 2 is 0.928 bits per heavy atom. The summed E-state index contributed by atoms with van der Waals surface area (Å²) in [5, 5.41) is 7.08. The third-order valence-corrected chi connectivity index (χ3v) is 14.1. The molecular weight excluding hydrogens is 837 g/mol. The number of rotatable bonds is 7. The van der Waals surface area contributed by atoms with Gasteiger partial charge in [0, 0.05) is 55.7 Å². The van der Waals surface area contributed by atoms with Crippen molar-refractivity contribution in [2.24, 2.45) is 0 Å². The van der Waals surface area contributed by atoms with Crippen molar-refractivity contribution < 1.29 is 4.42 Å². The molecule has 0 N–H and O–H groups in total. The number of fused-ring (bicyclic) bond motifs is 7. The largest absolute Gasteiger partial charge is 0.456 e. The summed E-state index contributed by atoms with van der Waals surface area (Å²) < 4.78 is 9.10. The molecule has 12 rings (SSSR count). The summed E-state index contributed by atoms with van der Waals surface area (Å²) in [6.45, 7) is 13.9. The quantitative estimate of drug-likeness (QED) is 0.159. The van der Waals surface area contributed by atoms with E-state index in [9.17, 15) is 0 Å². The first-order valence-corrected chi connectivity index (χ1v) is 24.2. The van der Waals surface area contributed by atoms with Gasteiger partial charge in [-0.05, 0) is 98.0 Å². The number of anilines is 3. The normalized spacial score (nSPS) is 12.2. The topological polar surface area (TPSA) is 21.3 Å². The van der Waals surface area contributed by atoms with Gasteiger partial charge >= 0.3 is 0 Å². The summed E-state index contributed by atoms with van der Waals surface area (Å²) in [6, 6.07) is 80.1. The van der Waals surface area contributed by atoms with Crippen molar-refractivity contribution in [1.29, 1.82) is 0 Å². The van der Waals surface area contributed by atoms with E-state index < -0.39 is 0 Å². The van der Waals surface area contributed by atoms with Crippen LogP contribution in [0.25, 0.3) is 93.6 Å². The summed E-state index contributed by atoms with van der Waals surface area (Å²) in [6.07, 6.45) is 0. The zero-order valence-corrected chi connectivity index (χ0v) is 40.1. The molecule has 0 aliphatic carbocycles. The molecule has 0 radical (unpaired) electrons. The van der Waals surface area contributed by atoms with Crippen molar-refractivity contribution in [3.05, 3.63) is 230 Å². The molecule has 0 bridgehead atoms. The summed E-state index contributed by atoms with van der Waals surface area (Å²) in [5.41, 5.74) is 18.0. The second-order valence-corrected chi connectivity index (χ2v) is 20.5. The van der Waals surface area contributed by atoms with E-state index in [4.69, 9.17) is 4.42 Å². The minimum atomic E-state index is -0.0232. The molecule has 0 fully saturated rings. The lowest BCUT2D eigenvalue weighted by molar-refractivity contribution is 0.569. The molecule has 0 aliphatic heterocycles. The Morgan fingerprint density at radius 3 is 1.64 bits per heavy atom. The van der Waals surface area contributed by atoms with E-state index in [-0.39, 0.29) is 10.8 Å². The highest BCUT2D eigenvalue weighted by Crippen LogP contribution is 2.50. The van der Waals surface area contributed by atoms with Crippen molar-refractivity contribution in [2.45, 2.75) is 52.4 Å². The van der Waals surface area contributed by atoms with Crippen LogP contribution >= 0.6 is 0 Å². The van der Waals surface area contributed by atoms with E-state index >= 15 is 0 Å². The number of hydrogen-bond acceptors (Lipinski definition) is 2. The third kappa shape index (κ3) is 7.20. The predicted octanol–water partition coefficient (Wildman–Crippen LogP) is 18.9. The van der Waals surface area contributed by atoms with Gasteiger partial charge in [0.05, 0.1) is 22.4 Å². The summed E-state index contributed by atoms with van der Waals surface area (Å²) in [7, 11) is 0. The van der Waals surface area contributed by atoms with Gasteiger partial charge in [-0.3, -0.25) is 0 Å². The molecule has 0 amide bonds. The van der Waals surface area contributed by atoms with Crippen LogP contribution in [-0.2, 0) is 10.8 Å². The Labute approximate surface area is 404 Å². The Morgan fingerprint density at radius 1 is 0.391 bits per heavy atom. The Kier molecular flexibility index (Phi) is 9.97. The lowest BCUT2D eigenvalue weighted by Gasteiger charge is -2.30. The smallest absolute Gasteiger partial charge is 0.137 e. The predicted molar refractivity (Wildman–Crippen MR) is 294 cm³/mol. The summed E-state index contributed by atoms with van der Waals surface area (Å²) in [5.74, 6) is 0. The van der Waals surface area contributed by atoms with E-state index in [1.165, 1.54) is 60.4 Å². The number of para-hydroxylation sites is 6. The van der Waals surface area contributed by atoms with Crippen LogP contribution in [-0.4, -0.2) is 4.57 Å². The Bertz CT molecular complexity index is 3890. The highest BCUT2D eigenvalue weighted by molar-refractivity contribution is 6.16. The highest BCUT2D eigenvalue weighted by atomic mass is 16.3. The van der Waals surface area contributed by atoms with Gasteiger partial charge in [-0.15, -0.1) is 0 Å². The molecule has 2 aromatic heterocycles. The molecule has 3 heteroatoms. The molecule has 0 saturated heterocycles. The Balaban J connectivity index is 1.14. The van der Waals surface area contributed by atoms with E-state index in [0.29, 0.717) is 0 Å². The lowest BCUT2D eigenvalue weighted by atomic mass is 9.78. The zero-order valence-electron chi connectivity index (χ0n) is 40.1. The fraction of sp³-hybridized carbons (Fsp3) is 0.121. The minimum absolute atomic E-state index is 0.0232. The van der Waals surface area contributed by atoms with Crippen LogP contribution in [0.5, 0.6) is 0 Å². The van der Waals surface area contributed by atoms with Gasteiger partial charge in [-0.2, -0.15) is 0 Å². The first kappa shape index (κ1) is 42.2. The number of aromatic nitrogens is 1. The fourth-order valence-corrected chi connectivity index (χ4v) is 10.6. The standard InChI is InChI=1S/C66H54N2O/c1-65(2,3)45-39-44(40-46(41-45)66(4,5)6)49-29-18-21-43-22-19-30-55(63(43)49)50-25-10-14-33-58(50)67(48-37-38-54-53-28-13-17-36-61(53)69-62(54)42-48)59-34-15-11-26-51(59)56-31-20-32-57-52-27-12-16-35-60(52)68(64(56)57)47-23-8-7-9-24-47/h7-42H,1-6H3. The van der Waals surface area contributed by atoms with Crippen LogP contribution in [0, 0.1) is 0 Å². The molecule has 10 aromatic carbocycles.